The van der Waals surface area contributed by atoms with E-state index in [1.165, 1.54) is 7.11 Å². The Morgan fingerprint density at radius 1 is 1.52 bits per heavy atom. The van der Waals surface area contributed by atoms with E-state index in [1.807, 2.05) is 19.1 Å². The number of esters is 1. The molecule has 0 spiro atoms. The number of carbonyl (C=O) groups excluding carboxylic acids is 1. The average molecular weight is 291 g/mol. The van der Waals surface area contributed by atoms with Crippen molar-refractivity contribution in [1.82, 2.24) is 0 Å². The molecule has 0 aromatic heterocycles. The zero-order valence-corrected chi connectivity index (χ0v) is 11.9. The lowest BCUT2D eigenvalue weighted by Gasteiger charge is -2.15. The topological polar surface area (TPSA) is 93.5 Å². The van der Waals surface area contributed by atoms with E-state index in [-0.39, 0.29) is 6.61 Å². The average Bonchev–Trinajstić information content (AvgIpc) is 2.88. The molecule has 3 atom stereocenters. The van der Waals surface area contributed by atoms with Crippen molar-refractivity contribution in [2.45, 2.75) is 31.8 Å². The Hall–Kier alpha value is -2.08. The van der Waals surface area contributed by atoms with Crippen molar-refractivity contribution in [1.29, 1.82) is 0 Å². The Morgan fingerprint density at radius 3 is 2.95 bits per heavy atom. The third-order valence-corrected chi connectivity index (χ3v) is 3.40. The van der Waals surface area contributed by atoms with E-state index in [0.29, 0.717) is 12.0 Å². The molecule has 0 bridgehead atoms. The Labute approximate surface area is 122 Å². The highest BCUT2D eigenvalue weighted by Crippen LogP contribution is 2.24. The van der Waals surface area contributed by atoms with E-state index in [0.717, 1.165) is 5.56 Å². The van der Waals surface area contributed by atoms with Gasteiger partial charge in [-0.1, -0.05) is 23.3 Å². The molecule has 0 N–H and O–H groups in total. The summed E-state index contributed by atoms with van der Waals surface area (Å²) in [5, 5.41) is 3.66. The third kappa shape index (κ3) is 3.72. The first-order valence-corrected chi connectivity index (χ1v) is 6.61. The number of nitrogens with zero attached hydrogens (tertiary/aromatic N) is 3. The Bertz CT molecular complexity index is 557. The van der Waals surface area contributed by atoms with E-state index in [2.05, 4.69) is 10.0 Å². The monoisotopic (exact) mass is 291 g/mol. The predicted molar refractivity (Wildman–Crippen MR) is 74.7 cm³/mol. The lowest BCUT2D eigenvalue weighted by molar-refractivity contribution is -0.124. The summed E-state index contributed by atoms with van der Waals surface area (Å²) in [6.45, 7) is 1.86. The zero-order chi connectivity index (χ0) is 15.2. The van der Waals surface area contributed by atoms with Crippen LogP contribution in [-0.4, -0.2) is 38.1 Å². The summed E-state index contributed by atoms with van der Waals surface area (Å²) in [6.07, 6.45) is -0.478. The van der Waals surface area contributed by atoms with Gasteiger partial charge < -0.3 is 14.2 Å². The van der Waals surface area contributed by atoms with Crippen LogP contribution in [0.1, 0.15) is 22.3 Å². The summed E-state index contributed by atoms with van der Waals surface area (Å²) in [4.78, 5) is 14.8. The molecular weight excluding hydrogens is 274 g/mol. The minimum absolute atomic E-state index is 0.0245. The van der Waals surface area contributed by atoms with Gasteiger partial charge in [-0.15, -0.1) is 0 Å². The van der Waals surface area contributed by atoms with Gasteiger partial charge in [-0.05, 0) is 24.1 Å². The van der Waals surface area contributed by atoms with E-state index < -0.39 is 24.4 Å². The first-order valence-electron chi connectivity index (χ1n) is 6.61. The largest absolute Gasteiger partial charge is 0.459 e. The second-order valence-corrected chi connectivity index (χ2v) is 4.76. The number of benzene rings is 1. The van der Waals surface area contributed by atoms with Crippen LogP contribution in [-0.2, 0) is 14.2 Å². The van der Waals surface area contributed by atoms with Crippen molar-refractivity contribution in [3.63, 3.8) is 0 Å². The van der Waals surface area contributed by atoms with Gasteiger partial charge in [0, 0.05) is 18.4 Å². The minimum atomic E-state index is -0.487. The molecule has 1 heterocycles. The third-order valence-electron chi connectivity index (χ3n) is 3.40. The van der Waals surface area contributed by atoms with Crippen LogP contribution in [0.15, 0.2) is 29.4 Å². The molecule has 1 aliphatic heterocycles. The van der Waals surface area contributed by atoms with Crippen LogP contribution >= 0.6 is 0 Å². The van der Waals surface area contributed by atoms with Crippen molar-refractivity contribution in [3.05, 3.63) is 45.8 Å². The number of hydrogen-bond donors (Lipinski definition) is 0. The van der Waals surface area contributed by atoms with Crippen molar-refractivity contribution in [2.75, 3.05) is 13.7 Å². The highest BCUT2D eigenvalue weighted by molar-refractivity contribution is 5.90. The van der Waals surface area contributed by atoms with Gasteiger partial charge in [-0.2, -0.15) is 0 Å². The first kappa shape index (κ1) is 15.3. The van der Waals surface area contributed by atoms with Gasteiger partial charge in [0.2, 0.25) is 0 Å². The van der Waals surface area contributed by atoms with Gasteiger partial charge in [0.15, 0.2) is 6.29 Å². The fourth-order valence-electron chi connectivity index (χ4n) is 2.22. The fourth-order valence-corrected chi connectivity index (χ4v) is 2.22. The van der Waals surface area contributed by atoms with Crippen LogP contribution in [0, 0.1) is 6.92 Å². The molecule has 1 aliphatic rings. The molecule has 1 fully saturated rings. The van der Waals surface area contributed by atoms with Crippen LogP contribution in [0.25, 0.3) is 10.4 Å². The van der Waals surface area contributed by atoms with Crippen LogP contribution in [0.5, 0.6) is 0 Å². The molecule has 112 valence electrons. The number of azide groups is 1. The molecule has 1 aromatic rings. The van der Waals surface area contributed by atoms with Crippen LogP contribution in [0.3, 0.4) is 0 Å². The maximum atomic E-state index is 12.0. The van der Waals surface area contributed by atoms with E-state index in [1.54, 1.807) is 12.1 Å². The van der Waals surface area contributed by atoms with Gasteiger partial charge in [0.1, 0.15) is 12.7 Å². The fraction of sp³-hybridized carbons (Fsp3) is 0.500. The van der Waals surface area contributed by atoms with Gasteiger partial charge in [0.25, 0.3) is 0 Å². The summed E-state index contributed by atoms with van der Waals surface area (Å²) in [5.74, 6) is -0.419. The standard InChI is InChI=1S/C14H17N3O4/c1-9-5-3-4-6-10(9)14(18)20-8-12-11(16-17-15)7-13(19-2)21-12/h3-6,11-13H,7-8H2,1-2H3/t11-,12+,13?/m0/s1. The molecule has 21 heavy (non-hydrogen) atoms. The second kappa shape index (κ2) is 7.08. The number of carbonyl (C=O) groups is 1. The maximum absolute atomic E-state index is 12.0. The summed E-state index contributed by atoms with van der Waals surface area (Å²) in [5.41, 5.74) is 9.91. The maximum Gasteiger partial charge on any atom is 0.338 e. The van der Waals surface area contributed by atoms with Gasteiger partial charge in [0.05, 0.1) is 11.6 Å². The molecule has 7 nitrogen and oxygen atoms in total. The number of aryl methyl sites for hydroxylation is 1. The minimum Gasteiger partial charge on any atom is -0.459 e. The highest BCUT2D eigenvalue weighted by atomic mass is 16.7. The molecule has 0 amide bonds. The Balaban J connectivity index is 1.97. The zero-order valence-electron chi connectivity index (χ0n) is 11.9. The summed E-state index contributed by atoms with van der Waals surface area (Å²) < 4.78 is 15.9. The normalized spacial score (nSPS) is 24.4. The van der Waals surface area contributed by atoms with Crippen molar-refractivity contribution in [3.8, 4) is 0 Å². The van der Waals surface area contributed by atoms with Crippen LogP contribution < -0.4 is 0 Å². The summed E-state index contributed by atoms with van der Waals surface area (Å²) in [7, 11) is 1.51. The molecule has 0 aliphatic carbocycles. The molecule has 1 aromatic carbocycles. The molecule has 1 saturated heterocycles. The predicted octanol–water partition coefficient (Wildman–Crippen LogP) is 2.59. The number of hydrogen-bond acceptors (Lipinski definition) is 5. The second-order valence-electron chi connectivity index (χ2n) is 4.76. The molecule has 1 unspecified atom stereocenters. The van der Waals surface area contributed by atoms with E-state index in [9.17, 15) is 4.79 Å². The van der Waals surface area contributed by atoms with Crippen molar-refractivity contribution in [2.24, 2.45) is 5.11 Å². The van der Waals surface area contributed by atoms with E-state index in [4.69, 9.17) is 19.7 Å². The highest BCUT2D eigenvalue weighted by Gasteiger charge is 2.35. The van der Waals surface area contributed by atoms with Crippen LogP contribution in [0.4, 0.5) is 0 Å². The molecule has 7 heteroatoms. The number of methoxy groups -OCH3 is 1. The van der Waals surface area contributed by atoms with Gasteiger partial charge >= 0.3 is 5.97 Å². The SMILES string of the molecule is COC1C[C@H](N=[N+]=[N-])[C@@H](COC(=O)c2ccccc2C)O1. The smallest absolute Gasteiger partial charge is 0.338 e. The number of ether oxygens (including phenoxy) is 3. The molecule has 0 radical (unpaired) electrons. The Kier molecular flexibility index (Phi) is 5.16. The van der Waals surface area contributed by atoms with Gasteiger partial charge in [-0.3, -0.25) is 0 Å². The van der Waals surface area contributed by atoms with E-state index >= 15 is 0 Å². The lowest BCUT2D eigenvalue weighted by atomic mass is 10.1. The molecular formula is C14H17N3O4. The first-order chi connectivity index (χ1) is 10.2. The van der Waals surface area contributed by atoms with Gasteiger partial charge in [-0.25, -0.2) is 4.79 Å². The van der Waals surface area contributed by atoms with Crippen molar-refractivity contribution >= 4 is 5.97 Å². The molecule has 2 rings (SSSR count). The Morgan fingerprint density at radius 2 is 2.29 bits per heavy atom. The molecule has 0 saturated carbocycles. The van der Waals surface area contributed by atoms with Crippen LogP contribution in [0.2, 0.25) is 0 Å². The summed E-state index contributed by atoms with van der Waals surface area (Å²) >= 11 is 0. The lowest BCUT2D eigenvalue weighted by Crippen LogP contribution is -2.27. The van der Waals surface area contributed by atoms with Crippen molar-refractivity contribution < 1.29 is 19.0 Å². The summed E-state index contributed by atoms with van der Waals surface area (Å²) in [6, 6.07) is 6.78. The number of rotatable bonds is 5. The quantitative estimate of drug-likeness (QED) is 0.360.